The number of hydrogen-bond acceptors (Lipinski definition) is 1. The smallest absolute Gasteiger partial charge is 0.346 e. The topological polar surface area (TPSA) is 4.93 Å². The van der Waals surface area contributed by atoms with Crippen molar-refractivity contribution in [1.82, 2.24) is 4.57 Å². The molecule has 0 saturated heterocycles. The molecule has 0 fully saturated rings. The molecule has 1 heterocycles. The second kappa shape index (κ2) is 6.93. The Morgan fingerprint density at radius 2 is 1.71 bits per heavy atom. The second-order valence-electron chi connectivity index (χ2n) is 5.69. The minimum atomic E-state index is -4.28. The molecule has 0 radical (unpaired) electrons. The molecule has 2 aromatic carbocycles. The molecular formula is C19H18F3NS. The van der Waals surface area contributed by atoms with E-state index >= 15 is 0 Å². The fourth-order valence-corrected chi connectivity index (χ4v) is 3.75. The Kier molecular flexibility index (Phi) is 4.90. The normalized spacial score (nSPS) is 12.0. The molecule has 0 spiro atoms. The first-order chi connectivity index (χ1) is 11.5. The standard InChI is InChI=1S/C19H18F3NS/c1-2-11-23-12-18(16-5-3-4-6-17(16)23)24-13-14-7-9-15(10-8-14)19(20,21)22/h3-10,12H,2,11,13H2,1H3. The first-order valence-electron chi connectivity index (χ1n) is 7.86. The van der Waals surface area contributed by atoms with Gasteiger partial charge >= 0.3 is 6.18 Å². The molecule has 0 aliphatic rings. The molecule has 0 atom stereocenters. The van der Waals surface area contributed by atoms with E-state index in [2.05, 4.69) is 29.8 Å². The van der Waals surface area contributed by atoms with Crippen molar-refractivity contribution in [3.8, 4) is 0 Å². The summed E-state index contributed by atoms with van der Waals surface area (Å²) >= 11 is 1.66. The van der Waals surface area contributed by atoms with Crippen molar-refractivity contribution in [2.45, 2.75) is 36.7 Å². The van der Waals surface area contributed by atoms with E-state index in [0.29, 0.717) is 5.75 Å². The van der Waals surface area contributed by atoms with Crippen LogP contribution < -0.4 is 0 Å². The molecule has 126 valence electrons. The number of aryl methyl sites for hydroxylation is 1. The minimum Gasteiger partial charge on any atom is -0.346 e. The predicted molar refractivity (Wildman–Crippen MR) is 93.2 cm³/mol. The van der Waals surface area contributed by atoms with Crippen LogP contribution in [0.1, 0.15) is 24.5 Å². The van der Waals surface area contributed by atoms with Crippen LogP contribution in [0, 0.1) is 0 Å². The van der Waals surface area contributed by atoms with Crippen LogP contribution in [0.3, 0.4) is 0 Å². The summed E-state index contributed by atoms with van der Waals surface area (Å²) in [5, 5.41) is 1.20. The Morgan fingerprint density at radius 3 is 2.38 bits per heavy atom. The number of halogens is 3. The summed E-state index contributed by atoms with van der Waals surface area (Å²) in [6, 6.07) is 13.7. The Hall–Kier alpha value is -1.88. The van der Waals surface area contributed by atoms with Crippen LogP contribution in [0.4, 0.5) is 13.2 Å². The maximum atomic E-state index is 12.6. The van der Waals surface area contributed by atoms with E-state index in [9.17, 15) is 13.2 Å². The minimum absolute atomic E-state index is 0.601. The molecule has 1 aromatic heterocycles. The maximum absolute atomic E-state index is 12.6. The number of fused-ring (bicyclic) bond motifs is 1. The van der Waals surface area contributed by atoms with Gasteiger partial charge in [0.25, 0.3) is 0 Å². The summed E-state index contributed by atoms with van der Waals surface area (Å²) in [5.41, 5.74) is 1.49. The van der Waals surface area contributed by atoms with Crippen molar-refractivity contribution in [1.29, 1.82) is 0 Å². The number of nitrogens with zero attached hydrogens (tertiary/aromatic N) is 1. The van der Waals surface area contributed by atoms with Crippen molar-refractivity contribution in [2.75, 3.05) is 0 Å². The SMILES string of the molecule is CCCn1cc(SCc2ccc(C(F)(F)F)cc2)c2ccccc21. The van der Waals surface area contributed by atoms with Gasteiger partial charge in [-0.1, -0.05) is 37.3 Å². The van der Waals surface area contributed by atoms with Crippen LogP contribution in [-0.2, 0) is 18.5 Å². The van der Waals surface area contributed by atoms with E-state index in [-0.39, 0.29) is 0 Å². The second-order valence-corrected chi connectivity index (χ2v) is 6.70. The third-order valence-electron chi connectivity index (χ3n) is 3.89. The fraction of sp³-hybridized carbons (Fsp3) is 0.263. The Labute approximate surface area is 143 Å². The van der Waals surface area contributed by atoms with Crippen molar-refractivity contribution in [3.05, 3.63) is 65.9 Å². The maximum Gasteiger partial charge on any atom is 0.416 e. The zero-order chi connectivity index (χ0) is 17.2. The van der Waals surface area contributed by atoms with Gasteiger partial charge in [0.05, 0.1) is 5.56 Å². The molecule has 0 N–H and O–H groups in total. The number of benzene rings is 2. The molecule has 3 aromatic rings. The summed E-state index contributed by atoms with van der Waals surface area (Å²) in [6.07, 6.45) is -1.08. The van der Waals surface area contributed by atoms with Crippen molar-refractivity contribution in [3.63, 3.8) is 0 Å². The van der Waals surface area contributed by atoms with Crippen LogP contribution in [0.5, 0.6) is 0 Å². The summed E-state index contributed by atoms with van der Waals surface area (Å²) in [6.45, 7) is 3.10. The molecule has 0 aliphatic carbocycles. The highest BCUT2D eigenvalue weighted by Gasteiger charge is 2.29. The van der Waals surface area contributed by atoms with Gasteiger partial charge in [-0.05, 0) is 30.2 Å². The van der Waals surface area contributed by atoms with Crippen molar-refractivity contribution in [2.24, 2.45) is 0 Å². The number of thioether (sulfide) groups is 1. The molecule has 0 saturated carbocycles. The first-order valence-corrected chi connectivity index (χ1v) is 8.84. The molecule has 1 nitrogen and oxygen atoms in total. The monoisotopic (exact) mass is 349 g/mol. The van der Waals surface area contributed by atoms with Crippen molar-refractivity contribution >= 4 is 22.7 Å². The molecular weight excluding hydrogens is 331 g/mol. The van der Waals surface area contributed by atoms with Gasteiger partial charge in [-0.3, -0.25) is 0 Å². The lowest BCUT2D eigenvalue weighted by Gasteiger charge is -2.07. The third kappa shape index (κ3) is 3.61. The lowest BCUT2D eigenvalue weighted by Crippen LogP contribution is -2.04. The highest BCUT2D eigenvalue weighted by molar-refractivity contribution is 7.98. The predicted octanol–water partition coefficient (Wildman–Crippen LogP) is 6.36. The number of rotatable bonds is 5. The molecule has 3 rings (SSSR count). The molecule has 0 unspecified atom stereocenters. The number of hydrogen-bond donors (Lipinski definition) is 0. The highest BCUT2D eigenvalue weighted by atomic mass is 32.2. The Bertz CT molecular complexity index is 819. The quantitative estimate of drug-likeness (QED) is 0.485. The zero-order valence-electron chi connectivity index (χ0n) is 13.3. The van der Waals surface area contributed by atoms with Crippen molar-refractivity contribution < 1.29 is 13.2 Å². The van der Waals surface area contributed by atoms with E-state index < -0.39 is 11.7 Å². The van der Waals surface area contributed by atoms with Gasteiger partial charge in [-0.2, -0.15) is 13.2 Å². The summed E-state index contributed by atoms with van der Waals surface area (Å²) in [7, 11) is 0. The average Bonchev–Trinajstić information content (AvgIpc) is 2.91. The molecule has 5 heteroatoms. The summed E-state index contributed by atoms with van der Waals surface area (Å²) in [4.78, 5) is 1.17. The highest BCUT2D eigenvalue weighted by Crippen LogP contribution is 2.33. The van der Waals surface area contributed by atoms with Gasteiger partial charge < -0.3 is 4.57 Å². The van der Waals surface area contributed by atoms with E-state index in [1.807, 2.05) is 12.1 Å². The van der Waals surface area contributed by atoms with Gasteiger partial charge in [-0.25, -0.2) is 0 Å². The van der Waals surface area contributed by atoms with Gasteiger partial charge in [0.1, 0.15) is 0 Å². The van der Waals surface area contributed by atoms with Gasteiger partial charge in [-0.15, -0.1) is 11.8 Å². The molecule has 0 bridgehead atoms. The fourth-order valence-electron chi connectivity index (χ4n) is 2.71. The van der Waals surface area contributed by atoms with Crippen LogP contribution in [0.2, 0.25) is 0 Å². The van der Waals surface area contributed by atoms with E-state index in [4.69, 9.17) is 0 Å². The zero-order valence-corrected chi connectivity index (χ0v) is 14.1. The van der Waals surface area contributed by atoms with Crippen LogP contribution >= 0.6 is 11.8 Å². The van der Waals surface area contributed by atoms with E-state index in [0.717, 1.165) is 30.7 Å². The Balaban J connectivity index is 1.78. The van der Waals surface area contributed by atoms with Gasteiger partial charge in [0.15, 0.2) is 0 Å². The summed E-state index contributed by atoms with van der Waals surface area (Å²) in [5.74, 6) is 0.651. The largest absolute Gasteiger partial charge is 0.416 e. The average molecular weight is 349 g/mol. The van der Waals surface area contributed by atoms with Crippen LogP contribution in [-0.4, -0.2) is 4.57 Å². The first kappa shape index (κ1) is 17.0. The van der Waals surface area contributed by atoms with Crippen LogP contribution in [0.25, 0.3) is 10.9 Å². The Morgan fingerprint density at radius 1 is 1.00 bits per heavy atom. The van der Waals surface area contributed by atoms with Gasteiger partial charge in [0, 0.05) is 34.3 Å². The summed E-state index contributed by atoms with van der Waals surface area (Å²) < 4.78 is 40.1. The lowest BCUT2D eigenvalue weighted by molar-refractivity contribution is -0.137. The third-order valence-corrected chi connectivity index (χ3v) is 5.01. The molecule has 0 amide bonds. The van der Waals surface area contributed by atoms with E-state index in [1.165, 1.54) is 15.8 Å². The lowest BCUT2D eigenvalue weighted by atomic mass is 10.1. The molecule has 0 aliphatic heterocycles. The van der Waals surface area contributed by atoms with Gasteiger partial charge in [0.2, 0.25) is 0 Å². The molecule has 24 heavy (non-hydrogen) atoms. The number of alkyl halides is 3. The number of para-hydroxylation sites is 1. The number of aromatic nitrogens is 1. The van der Waals surface area contributed by atoms with Crippen LogP contribution in [0.15, 0.2) is 59.6 Å². The van der Waals surface area contributed by atoms with E-state index in [1.54, 1.807) is 23.9 Å².